The minimum Gasteiger partial charge on any atom is -0.309 e. The maximum absolute atomic E-state index is 14.0. The van der Waals surface area contributed by atoms with Crippen molar-refractivity contribution >= 4 is 31.5 Å². The molecule has 2 aromatic rings. The Balaban J connectivity index is 1.56. The standard InChI is InChI=1S/C22H29F2N5O2Si/c1-21(2)17-13(12-29(21)20(31)25-16-14(23)8-6-9-15(16)24)18(28-27-17)26-19(30)22(10-7-11-22)32(3,4)5/h6,8-9H,7,10-12H2,1-5H3,(H,25,31)(H2,26,27,28,30). The summed E-state index contributed by atoms with van der Waals surface area (Å²) in [6.07, 6.45) is 2.81. The third-order valence-electron chi connectivity index (χ3n) is 7.22. The summed E-state index contributed by atoms with van der Waals surface area (Å²) in [5.74, 6) is -1.29. The molecule has 0 unspecified atom stereocenters. The zero-order chi connectivity index (χ0) is 23.5. The van der Waals surface area contributed by atoms with E-state index < -0.39 is 37.0 Å². The Labute approximate surface area is 187 Å². The monoisotopic (exact) mass is 461 g/mol. The molecule has 1 aromatic carbocycles. The van der Waals surface area contributed by atoms with Crippen molar-refractivity contribution in [1.29, 1.82) is 0 Å². The third kappa shape index (κ3) is 3.32. The van der Waals surface area contributed by atoms with Crippen LogP contribution in [0.2, 0.25) is 24.7 Å². The Bertz CT molecular complexity index is 1070. The zero-order valence-corrected chi connectivity index (χ0v) is 20.0. The van der Waals surface area contributed by atoms with Crippen LogP contribution in [0.5, 0.6) is 0 Å². The van der Waals surface area contributed by atoms with Crippen molar-refractivity contribution in [2.45, 2.75) is 69.9 Å². The van der Waals surface area contributed by atoms with Crippen molar-refractivity contribution in [3.8, 4) is 0 Å². The SMILES string of the molecule is CC1(C)c2[nH]nc(NC(=O)C3([Si](C)(C)C)CCC3)c2CN1C(=O)Nc1c(F)cccc1F. The lowest BCUT2D eigenvalue weighted by molar-refractivity contribution is -0.121. The average molecular weight is 462 g/mol. The number of halogens is 2. The number of fused-ring (bicyclic) bond motifs is 1. The lowest BCUT2D eigenvalue weighted by atomic mass is 9.83. The van der Waals surface area contributed by atoms with Crippen molar-refractivity contribution in [2.24, 2.45) is 0 Å². The molecule has 0 bridgehead atoms. The molecule has 0 radical (unpaired) electrons. The highest BCUT2D eigenvalue weighted by molar-refractivity contribution is 6.83. The normalized spacial score (nSPS) is 18.7. The predicted molar refractivity (Wildman–Crippen MR) is 121 cm³/mol. The van der Waals surface area contributed by atoms with Gasteiger partial charge in [-0.1, -0.05) is 32.1 Å². The van der Waals surface area contributed by atoms with E-state index in [1.54, 1.807) is 0 Å². The Morgan fingerprint density at radius 2 is 1.75 bits per heavy atom. The number of hydrogen-bond acceptors (Lipinski definition) is 3. The molecule has 2 heterocycles. The van der Waals surface area contributed by atoms with E-state index in [-0.39, 0.29) is 17.5 Å². The highest BCUT2D eigenvalue weighted by Gasteiger charge is 2.54. The Hall–Kier alpha value is -2.75. The highest BCUT2D eigenvalue weighted by Crippen LogP contribution is 2.56. The second kappa shape index (κ2) is 7.40. The first-order chi connectivity index (χ1) is 14.9. The lowest BCUT2D eigenvalue weighted by Gasteiger charge is -2.48. The zero-order valence-electron chi connectivity index (χ0n) is 19.0. The number of urea groups is 1. The minimum atomic E-state index is -1.76. The van der Waals surface area contributed by atoms with Gasteiger partial charge in [-0.25, -0.2) is 13.6 Å². The smallest absolute Gasteiger partial charge is 0.309 e. The van der Waals surface area contributed by atoms with Crippen LogP contribution in [-0.4, -0.2) is 35.1 Å². The summed E-state index contributed by atoms with van der Waals surface area (Å²) in [4.78, 5) is 27.7. The number of amides is 3. The molecule has 3 amide bonds. The Kier molecular flexibility index (Phi) is 5.19. The van der Waals surface area contributed by atoms with Crippen LogP contribution < -0.4 is 10.6 Å². The van der Waals surface area contributed by atoms with E-state index >= 15 is 0 Å². The number of benzene rings is 1. The average Bonchev–Trinajstić information content (AvgIpc) is 3.14. The van der Waals surface area contributed by atoms with E-state index in [1.807, 2.05) is 13.8 Å². The molecule has 2 aliphatic rings. The van der Waals surface area contributed by atoms with Gasteiger partial charge in [0, 0.05) is 10.6 Å². The van der Waals surface area contributed by atoms with Gasteiger partial charge in [0.2, 0.25) is 5.91 Å². The number of para-hydroxylation sites is 1. The van der Waals surface area contributed by atoms with Gasteiger partial charge in [0.1, 0.15) is 17.3 Å². The number of carbonyl (C=O) groups is 2. The van der Waals surface area contributed by atoms with Crippen LogP contribution in [-0.2, 0) is 16.9 Å². The van der Waals surface area contributed by atoms with Crippen LogP contribution in [0.25, 0.3) is 0 Å². The quantitative estimate of drug-likeness (QED) is 0.549. The number of H-pyrrole nitrogens is 1. The number of anilines is 2. The van der Waals surface area contributed by atoms with E-state index in [1.165, 1.54) is 11.0 Å². The number of nitrogens with one attached hydrogen (secondary N) is 3. The second-order valence-corrected chi connectivity index (χ2v) is 15.7. The fourth-order valence-corrected chi connectivity index (χ4v) is 7.41. The molecule has 7 nitrogen and oxygen atoms in total. The van der Waals surface area contributed by atoms with Gasteiger partial charge >= 0.3 is 6.03 Å². The van der Waals surface area contributed by atoms with Gasteiger partial charge in [0.05, 0.1) is 25.9 Å². The first-order valence-electron chi connectivity index (χ1n) is 10.8. The molecule has 32 heavy (non-hydrogen) atoms. The molecule has 4 rings (SSSR count). The molecule has 3 N–H and O–H groups in total. The maximum atomic E-state index is 14.0. The second-order valence-electron chi connectivity index (χ2n) is 10.2. The van der Waals surface area contributed by atoms with Crippen LogP contribution in [0.3, 0.4) is 0 Å². The van der Waals surface area contributed by atoms with Crippen LogP contribution in [0.4, 0.5) is 25.1 Å². The molecule has 10 heteroatoms. The van der Waals surface area contributed by atoms with Crippen LogP contribution in [0.1, 0.15) is 44.4 Å². The summed E-state index contributed by atoms with van der Waals surface area (Å²) in [6.45, 7) is 10.4. The van der Waals surface area contributed by atoms with Gasteiger partial charge in [-0.15, -0.1) is 0 Å². The van der Waals surface area contributed by atoms with Crippen molar-refractivity contribution in [3.63, 3.8) is 0 Å². The Morgan fingerprint density at radius 3 is 2.28 bits per heavy atom. The number of nitrogens with zero attached hydrogens (tertiary/aromatic N) is 2. The number of carbonyl (C=O) groups excluding carboxylic acids is 2. The summed E-state index contributed by atoms with van der Waals surface area (Å²) in [5, 5.41) is 12.3. The predicted octanol–water partition coefficient (Wildman–Crippen LogP) is 5.17. The largest absolute Gasteiger partial charge is 0.323 e. The number of rotatable bonds is 4. The summed E-state index contributed by atoms with van der Waals surface area (Å²) in [7, 11) is -1.76. The van der Waals surface area contributed by atoms with Gasteiger partial charge in [0.25, 0.3) is 0 Å². The van der Waals surface area contributed by atoms with E-state index in [9.17, 15) is 18.4 Å². The number of aromatic nitrogens is 2. The number of aromatic amines is 1. The molecular formula is C22H29F2N5O2Si. The fourth-order valence-electron chi connectivity index (χ4n) is 4.81. The minimum absolute atomic E-state index is 0.00801. The molecule has 1 aliphatic heterocycles. The lowest BCUT2D eigenvalue weighted by Crippen LogP contribution is -2.52. The Morgan fingerprint density at radius 1 is 1.12 bits per heavy atom. The van der Waals surface area contributed by atoms with Crippen LogP contribution in [0.15, 0.2) is 18.2 Å². The van der Waals surface area contributed by atoms with E-state index in [4.69, 9.17) is 0 Å². The van der Waals surface area contributed by atoms with Crippen LogP contribution >= 0.6 is 0 Å². The first-order valence-corrected chi connectivity index (χ1v) is 14.3. The molecule has 0 atom stereocenters. The summed E-state index contributed by atoms with van der Waals surface area (Å²) >= 11 is 0. The van der Waals surface area contributed by atoms with Gasteiger partial charge in [0.15, 0.2) is 5.82 Å². The maximum Gasteiger partial charge on any atom is 0.323 e. The number of hydrogen-bond donors (Lipinski definition) is 3. The van der Waals surface area contributed by atoms with E-state index in [2.05, 4.69) is 40.5 Å². The highest BCUT2D eigenvalue weighted by atomic mass is 28.3. The van der Waals surface area contributed by atoms with E-state index in [0.717, 1.165) is 31.4 Å². The van der Waals surface area contributed by atoms with Gasteiger partial charge in [-0.05, 0) is 38.8 Å². The van der Waals surface area contributed by atoms with Crippen molar-refractivity contribution in [1.82, 2.24) is 15.1 Å². The fraction of sp³-hybridized carbons (Fsp3) is 0.500. The van der Waals surface area contributed by atoms with Crippen molar-refractivity contribution < 1.29 is 18.4 Å². The molecule has 1 fully saturated rings. The first kappa shape index (κ1) is 22.4. The van der Waals surface area contributed by atoms with Gasteiger partial charge < -0.3 is 15.5 Å². The third-order valence-corrected chi connectivity index (χ3v) is 10.8. The summed E-state index contributed by atoms with van der Waals surface area (Å²) in [6, 6.07) is 2.77. The molecule has 0 saturated heterocycles. The van der Waals surface area contributed by atoms with E-state index in [0.29, 0.717) is 17.1 Å². The summed E-state index contributed by atoms with van der Waals surface area (Å²) in [5.41, 5.74) is 0.0899. The van der Waals surface area contributed by atoms with Gasteiger partial charge in [-0.3, -0.25) is 9.89 Å². The van der Waals surface area contributed by atoms with Crippen molar-refractivity contribution in [2.75, 3.05) is 10.6 Å². The molecule has 0 spiro atoms. The molecular weight excluding hydrogens is 432 g/mol. The van der Waals surface area contributed by atoms with Gasteiger partial charge in [-0.2, -0.15) is 5.10 Å². The molecule has 1 aromatic heterocycles. The molecule has 1 aliphatic carbocycles. The van der Waals surface area contributed by atoms with Crippen LogP contribution in [0, 0.1) is 11.6 Å². The molecule has 172 valence electrons. The summed E-state index contributed by atoms with van der Waals surface area (Å²) < 4.78 is 28.0. The molecule has 1 saturated carbocycles. The topological polar surface area (TPSA) is 90.1 Å². The van der Waals surface area contributed by atoms with Crippen molar-refractivity contribution in [3.05, 3.63) is 41.1 Å².